The molecule has 0 aromatic carbocycles. The Bertz CT molecular complexity index is 214. The molecule has 2 saturated heterocycles. The van der Waals surface area contributed by atoms with Gasteiger partial charge in [0, 0.05) is 12.8 Å². The van der Waals surface area contributed by atoms with Crippen molar-refractivity contribution in [1.82, 2.24) is 0 Å². The van der Waals surface area contributed by atoms with E-state index in [1.807, 2.05) is 0 Å². The fourth-order valence-corrected chi connectivity index (χ4v) is 1.82. The number of carbonyl (C=O) groups excluding carboxylic acids is 1. The first-order valence-electron chi connectivity index (χ1n) is 5.01. The van der Waals surface area contributed by atoms with E-state index in [0.29, 0.717) is 24.7 Å². The van der Waals surface area contributed by atoms with E-state index in [1.54, 1.807) is 6.92 Å². The molecule has 4 unspecified atom stereocenters. The molecule has 2 rings (SSSR count). The van der Waals surface area contributed by atoms with Gasteiger partial charge in [-0.1, -0.05) is 6.92 Å². The SMILES string of the molecule is CCC1OC1CC1OC1CC(C)=O. The standard InChI is InChI=1S/C10H16O3/c1-3-7-9(12-7)5-10-8(13-10)4-6(2)11/h7-10H,3-5H2,1-2H3. The van der Waals surface area contributed by atoms with Gasteiger partial charge in [0.1, 0.15) is 5.78 Å². The van der Waals surface area contributed by atoms with E-state index in [1.165, 1.54) is 0 Å². The number of Topliss-reactive ketones (excluding diaryl/α,β-unsaturated/α-hetero) is 1. The molecule has 0 amide bonds. The Labute approximate surface area is 78.4 Å². The maximum absolute atomic E-state index is 10.8. The van der Waals surface area contributed by atoms with E-state index in [4.69, 9.17) is 9.47 Å². The molecular weight excluding hydrogens is 168 g/mol. The van der Waals surface area contributed by atoms with Gasteiger partial charge in [0.2, 0.25) is 0 Å². The molecule has 13 heavy (non-hydrogen) atoms. The second-order valence-corrected chi connectivity index (χ2v) is 3.98. The van der Waals surface area contributed by atoms with Crippen LogP contribution in [0.15, 0.2) is 0 Å². The highest BCUT2D eigenvalue weighted by Gasteiger charge is 2.47. The van der Waals surface area contributed by atoms with Crippen LogP contribution in [0.25, 0.3) is 0 Å². The second kappa shape index (κ2) is 3.39. The summed E-state index contributed by atoms with van der Waals surface area (Å²) in [6, 6.07) is 0. The van der Waals surface area contributed by atoms with Crippen LogP contribution >= 0.6 is 0 Å². The molecule has 0 spiro atoms. The first-order chi connectivity index (χ1) is 6.20. The first-order valence-corrected chi connectivity index (χ1v) is 5.01. The molecular formula is C10H16O3. The predicted molar refractivity (Wildman–Crippen MR) is 47.5 cm³/mol. The van der Waals surface area contributed by atoms with Crippen molar-refractivity contribution in [2.75, 3.05) is 0 Å². The van der Waals surface area contributed by atoms with E-state index >= 15 is 0 Å². The number of carbonyl (C=O) groups is 1. The van der Waals surface area contributed by atoms with Crippen LogP contribution in [-0.4, -0.2) is 30.2 Å². The number of epoxide rings is 2. The van der Waals surface area contributed by atoms with Gasteiger partial charge in [-0.05, 0) is 13.3 Å². The summed E-state index contributed by atoms with van der Waals surface area (Å²) in [5, 5.41) is 0. The lowest BCUT2D eigenvalue weighted by Crippen LogP contribution is -2.04. The van der Waals surface area contributed by atoms with Crippen LogP contribution in [0.4, 0.5) is 0 Å². The topological polar surface area (TPSA) is 42.1 Å². The Hall–Kier alpha value is -0.410. The van der Waals surface area contributed by atoms with Gasteiger partial charge in [0.15, 0.2) is 0 Å². The molecule has 2 aliphatic heterocycles. The zero-order valence-electron chi connectivity index (χ0n) is 8.16. The van der Waals surface area contributed by atoms with Crippen molar-refractivity contribution in [1.29, 1.82) is 0 Å². The summed E-state index contributed by atoms with van der Waals surface area (Å²) < 4.78 is 10.8. The molecule has 3 heteroatoms. The van der Waals surface area contributed by atoms with Crippen LogP contribution in [0, 0.1) is 0 Å². The van der Waals surface area contributed by atoms with Gasteiger partial charge in [0.25, 0.3) is 0 Å². The molecule has 3 nitrogen and oxygen atoms in total. The van der Waals surface area contributed by atoms with Crippen molar-refractivity contribution in [3.63, 3.8) is 0 Å². The Morgan fingerprint density at radius 1 is 1.15 bits per heavy atom. The molecule has 0 bridgehead atoms. The second-order valence-electron chi connectivity index (χ2n) is 3.98. The van der Waals surface area contributed by atoms with Crippen molar-refractivity contribution < 1.29 is 14.3 Å². The third-order valence-electron chi connectivity index (χ3n) is 2.73. The van der Waals surface area contributed by atoms with E-state index in [0.717, 1.165) is 12.8 Å². The minimum Gasteiger partial charge on any atom is -0.369 e. The van der Waals surface area contributed by atoms with Crippen molar-refractivity contribution in [2.24, 2.45) is 0 Å². The van der Waals surface area contributed by atoms with Gasteiger partial charge in [0.05, 0.1) is 24.4 Å². The predicted octanol–water partition coefficient (Wildman–Crippen LogP) is 1.30. The summed E-state index contributed by atoms with van der Waals surface area (Å²) in [5.74, 6) is 0.219. The number of hydrogen-bond acceptors (Lipinski definition) is 3. The van der Waals surface area contributed by atoms with E-state index < -0.39 is 0 Å². The van der Waals surface area contributed by atoms with Crippen LogP contribution in [-0.2, 0) is 14.3 Å². The minimum absolute atomic E-state index is 0.194. The van der Waals surface area contributed by atoms with E-state index in [-0.39, 0.29) is 11.9 Å². The van der Waals surface area contributed by atoms with Gasteiger partial charge in [-0.2, -0.15) is 0 Å². The van der Waals surface area contributed by atoms with Gasteiger partial charge in [-0.25, -0.2) is 0 Å². The molecule has 0 aromatic heterocycles. The van der Waals surface area contributed by atoms with Crippen molar-refractivity contribution in [3.8, 4) is 0 Å². The van der Waals surface area contributed by atoms with E-state index in [9.17, 15) is 4.79 Å². The monoisotopic (exact) mass is 184 g/mol. The Morgan fingerprint density at radius 2 is 1.77 bits per heavy atom. The van der Waals surface area contributed by atoms with Crippen LogP contribution in [0.2, 0.25) is 0 Å². The maximum atomic E-state index is 10.8. The average molecular weight is 184 g/mol. The number of ketones is 1. The highest BCUT2D eigenvalue weighted by molar-refractivity contribution is 5.76. The zero-order valence-corrected chi connectivity index (χ0v) is 8.16. The zero-order chi connectivity index (χ0) is 9.42. The summed E-state index contributed by atoms with van der Waals surface area (Å²) in [6.07, 6.45) is 4.01. The molecule has 4 atom stereocenters. The molecule has 2 heterocycles. The summed E-state index contributed by atoms with van der Waals surface area (Å²) in [5.41, 5.74) is 0. The molecule has 0 saturated carbocycles. The van der Waals surface area contributed by atoms with Crippen LogP contribution in [0.5, 0.6) is 0 Å². The fourth-order valence-electron chi connectivity index (χ4n) is 1.82. The molecule has 2 fully saturated rings. The van der Waals surface area contributed by atoms with Gasteiger partial charge in [-0.3, -0.25) is 4.79 Å². The van der Waals surface area contributed by atoms with Crippen molar-refractivity contribution in [3.05, 3.63) is 0 Å². The van der Waals surface area contributed by atoms with Gasteiger partial charge in [-0.15, -0.1) is 0 Å². The lowest BCUT2D eigenvalue weighted by Gasteiger charge is -1.89. The largest absolute Gasteiger partial charge is 0.369 e. The maximum Gasteiger partial charge on any atom is 0.132 e. The number of hydrogen-bond donors (Lipinski definition) is 0. The fraction of sp³-hybridized carbons (Fsp3) is 0.900. The summed E-state index contributed by atoms with van der Waals surface area (Å²) in [4.78, 5) is 10.8. The molecule has 0 radical (unpaired) electrons. The highest BCUT2D eigenvalue weighted by Crippen LogP contribution is 2.37. The number of rotatable bonds is 5. The lowest BCUT2D eigenvalue weighted by atomic mass is 10.1. The lowest BCUT2D eigenvalue weighted by molar-refractivity contribution is -0.117. The molecule has 0 aliphatic carbocycles. The van der Waals surface area contributed by atoms with Crippen LogP contribution in [0.1, 0.15) is 33.1 Å². The third kappa shape index (κ3) is 2.29. The molecule has 0 aromatic rings. The van der Waals surface area contributed by atoms with Gasteiger partial charge >= 0.3 is 0 Å². The number of ether oxygens (including phenoxy) is 2. The molecule has 2 aliphatic rings. The summed E-state index contributed by atoms with van der Waals surface area (Å²) in [7, 11) is 0. The van der Waals surface area contributed by atoms with Crippen LogP contribution < -0.4 is 0 Å². The van der Waals surface area contributed by atoms with Crippen molar-refractivity contribution >= 4 is 5.78 Å². The first kappa shape index (κ1) is 9.16. The van der Waals surface area contributed by atoms with Crippen molar-refractivity contribution in [2.45, 2.75) is 57.5 Å². The Morgan fingerprint density at radius 3 is 2.31 bits per heavy atom. The normalized spacial score (nSPS) is 41.7. The van der Waals surface area contributed by atoms with Gasteiger partial charge < -0.3 is 9.47 Å². The Balaban J connectivity index is 1.62. The highest BCUT2D eigenvalue weighted by atomic mass is 16.6. The van der Waals surface area contributed by atoms with E-state index in [2.05, 4.69) is 6.92 Å². The Kier molecular flexibility index (Phi) is 2.39. The summed E-state index contributed by atoms with van der Waals surface area (Å²) in [6.45, 7) is 3.74. The minimum atomic E-state index is 0.194. The van der Waals surface area contributed by atoms with Crippen LogP contribution in [0.3, 0.4) is 0 Å². The smallest absolute Gasteiger partial charge is 0.132 e. The molecule has 74 valence electrons. The summed E-state index contributed by atoms with van der Waals surface area (Å²) >= 11 is 0. The quantitative estimate of drug-likeness (QED) is 0.605. The molecule has 0 N–H and O–H groups in total. The average Bonchev–Trinajstić information content (AvgIpc) is 2.91. The third-order valence-corrected chi connectivity index (χ3v) is 2.73.